The van der Waals surface area contributed by atoms with Crippen molar-refractivity contribution in [1.29, 1.82) is 0 Å². The molecule has 0 aliphatic heterocycles. The van der Waals surface area contributed by atoms with Crippen LogP contribution in [0.5, 0.6) is 0 Å². The average Bonchev–Trinajstić information content (AvgIpc) is 2.64. The molecule has 1 amide bonds. The molecule has 0 fully saturated rings. The molecule has 0 aliphatic rings. The van der Waals surface area contributed by atoms with Crippen LogP contribution in [0.1, 0.15) is 12.5 Å². The number of hydrogen-bond donors (Lipinski definition) is 0. The Morgan fingerprint density at radius 2 is 2.28 bits per heavy atom. The molecule has 4 nitrogen and oxygen atoms in total. The summed E-state index contributed by atoms with van der Waals surface area (Å²) in [6, 6.07) is 6.14. The summed E-state index contributed by atoms with van der Waals surface area (Å²) in [6.45, 7) is 4.84. The Kier molecular flexibility index (Phi) is 3.93. The van der Waals surface area contributed by atoms with Gasteiger partial charge in [-0.05, 0) is 18.6 Å². The predicted octanol–water partition coefficient (Wildman–Crippen LogP) is 2.10. The van der Waals surface area contributed by atoms with Gasteiger partial charge in [-0.25, -0.2) is 0 Å². The van der Waals surface area contributed by atoms with Crippen LogP contribution in [0.2, 0.25) is 0 Å². The smallest absolute Gasteiger partial charge is 0.245 e. The van der Waals surface area contributed by atoms with Crippen molar-refractivity contribution in [2.75, 3.05) is 13.7 Å². The summed E-state index contributed by atoms with van der Waals surface area (Å²) >= 11 is 1.54. The number of nitrogens with zero attached hydrogens (tertiary/aromatic N) is 2. The summed E-state index contributed by atoms with van der Waals surface area (Å²) in [5.41, 5.74) is 2.32. The maximum absolute atomic E-state index is 11.2. The highest BCUT2D eigenvalue weighted by Crippen LogP contribution is 2.20. The van der Waals surface area contributed by atoms with E-state index >= 15 is 0 Å². The number of fused-ring (bicyclic) bond motifs is 1. The fourth-order valence-electron chi connectivity index (χ4n) is 1.92. The Morgan fingerprint density at radius 3 is 2.94 bits per heavy atom. The van der Waals surface area contributed by atoms with Gasteiger partial charge in [0.15, 0.2) is 4.80 Å². The molecule has 18 heavy (non-hydrogen) atoms. The molecule has 96 valence electrons. The summed E-state index contributed by atoms with van der Waals surface area (Å²) in [6.07, 6.45) is 0. The number of para-hydroxylation sites is 1. The van der Waals surface area contributed by atoms with Gasteiger partial charge in [0.05, 0.1) is 16.8 Å². The van der Waals surface area contributed by atoms with E-state index in [0.717, 1.165) is 15.0 Å². The number of carbonyl (C=O) groups is 1. The summed E-state index contributed by atoms with van der Waals surface area (Å²) in [4.78, 5) is 16.0. The first-order valence-electron chi connectivity index (χ1n) is 5.76. The van der Waals surface area contributed by atoms with Crippen molar-refractivity contribution in [3.8, 4) is 0 Å². The third kappa shape index (κ3) is 2.52. The highest BCUT2D eigenvalue weighted by molar-refractivity contribution is 7.16. The van der Waals surface area contributed by atoms with E-state index in [1.165, 1.54) is 23.8 Å². The molecule has 1 heterocycles. The van der Waals surface area contributed by atoms with E-state index in [-0.39, 0.29) is 5.91 Å². The summed E-state index contributed by atoms with van der Waals surface area (Å²) < 4.78 is 8.32. The van der Waals surface area contributed by atoms with Gasteiger partial charge in [0, 0.05) is 20.6 Å². The van der Waals surface area contributed by atoms with Gasteiger partial charge in [-0.2, -0.15) is 4.99 Å². The minimum Gasteiger partial charge on any atom is -0.383 e. The van der Waals surface area contributed by atoms with Crippen LogP contribution in [0.25, 0.3) is 10.2 Å². The standard InChI is InChI=1S/C13H16N2O2S/c1-9-5-4-6-11-12(9)15(7-8-17-3)13(18-11)14-10(2)16/h4-6H,7-8H2,1-3H3. The van der Waals surface area contributed by atoms with Crippen molar-refractivity contribution in [3.05, 3.63) is 28.6 Å². The van der Waals surface area contributed by atoms with Crippen LogP contribution >= 0.6 is 11.3 Å². The quantitative estimate of drug-likeness (QED) is 0.852. The van der Waals surface area contributed by atoms with Crippen molar-refractivity contribution in [2.24, 2.45) is 4.99 Å². The van der Waals surface area contributed by atoms with Crippen molar-refractivity contribution in [2.45, 2.75) is 20.4 Å². The zero-order chi connectivity index (χ0) is 13.1. The fourth-order valence-corrected chi connectivity index (χ4v) is 3.10. The number of benzene rings is 1. The third-order valence-corrected chi connectivity index (χ3v) is 3.72. The lowest BCUT2D eigenvalue weighted by Gasteiger charge is -2.05. The predicted molar refractivity (Wildman–Crippen MR) is 72.7 cm³/mol. The molecule has 1 aromatic carbocycles. The zero-order valence-electron chi connectivity index (χ0n) is 10.8. The molecular weight excluding hydrogens is 248 g/mol. The van der Waals surface area contributed by atoms with Crippen LogP contribution in [0, 0.1) is 6.92 Å². The first-order valence-corrected chi connectivity index (χ1v) is 6.58. The Bertz CT molecular complexity index is 640. The van der Waals surface area contributed by atoms with Gasteiger partial charge >= 0.3 is 0 Å². The van der Waals surface area contributed by atoms with E-state index in [1.54, 1.807) is 7.11 Å². The zero-order valence-corrected chi connectivity index (χ0v) is 11.6. The SMILES string of the molecule is COCCn1c(=NC(C)=O)sc2cccc(C)c21. The topological polar surface area (TPSA) is 43.6 Å². The number of thiazole rings is 1. The van der Waals surface area contributed by atoms with Gasteiger partial charge in [0.1, 0.15) is 0 Å². The highest BCUT2D eigenvalue weighted by atomic mass is 32.1. The second-order valence-electron chi connectivity index (χ2n) is 4.08. The molecular formula is C13H16N2O2S. The number of hydrogen-bond acceptors (Lipinski definition) is 3. The largest absolute Gasteiger partial charge is 0.383 e. The molecule has 1 aromatic heterocycles. The van der Waals surface area contributed by atoms with Crippen molar-refractivity contribution in [1.82, 2.24) is 4.57 Å². The number of aromatic nitrogens is 1. The van der Waals surface area contributed by atoms with Gasteiger partial charge in [0.25, 0.3) is 0 Å². The fraction of sp³-hybridized carbons (Fsp3) is 0.385. The van der Waals surface area contributed by atoms with Crippen molar-refractivity contribution in [3.63, 3.8) is 0 Å². The Labute approximate surface area is 110 Å². The number of amides is 1. The molecule has 0 unspecified atom stereocenters. The maximum atomic E-state index is 11.2. The Hall–Kier alpha value is -1.46. The van der Waals surface area contributed by atoms with E-state index in [1.807, 2.05) is 6.07 Å². The molecule has 0 saturated heterocycles. The number of ether oxygens (including phenoxy) is 1. The van der Waals surface area contributed by atoms with Crippen LogP contribution in [0.15, 0.2) is 23.2 Å². The summed E-state index contributed by atoms with van der Waals surface area (Å²) in [5.74, 6) is -0.176. The minimum atomic E-state index is -0.176. The van der Waals surface area contributed by atoms with Gasteiger partial charge in [0.2, 0.25) is 5.91 Å². The van der Waals surface area contributed by atoms with E-state index in [9.17, 15) is 4.79 Å². The molecule has 0 radical (unpaired) electrons. The van der Waals surface area contributed by atoms with Crippen molar-refractivity contribution < 1.29 is 9.53 Å². The number of carbonyl (C=O) groups excluding carboxylic acids is 1. The maximum Gasteiger partial charge on any atom is 0.245 e. The van der Waals surface area contributed by atoms with Crippen LogP contribution in [0.3, 0.4) is 0 Å². The van der Waals surface area contributed by atoms with Gasteiger partial charge in [-0.1, -0.05) is 23.5 Å². The average molecular weight is 264 g/mol. The van der Waals surface area contributed by atoms with Gasteiger partial charge in [-0.15, -0.1) is 0 Å². The van der Waals surface area contributed by atoms with Crippen molar-refractivity contribution >= 4 is 27.5 Å². The number of methoxy groups -OCH3 is 1. The van der Waals surface area contributed by atoms with E-state index in [4.69, 9.17) is 4.74 Å². The van der Waals surface area contributed by atoms with Crippen LogP contribution in [0.4, 0.5) is 0 Å². The molecule has 0 saturated carbocycles. The van der Waals surface area contributed by atoms with Crippen LogP contribution < -0.4 is 4.80 Å². The molecule has 0 atom stereocenters. The second-order valence-corrected chi connectivity index (χ2v) is 5.09. The first-order chi connectivity index (χ1) is 8.63. The second kappa shape index (κ2) is 5.46. The highest BCUT2D eigenvalue weighted by Gasteiger charge is 2.08. The van der Waals surface area contributed by atoms with Gasteiger partial charge < -0.3 is 9.30 Å². The van der Waals surface area contributed by atoms with E-state index in [2.05, 4.69) is 28.6 Å². The summed E-state index contributed by atoms with van der Waals surface area (Å²) in [5, 5.41) is 0. The summed E-state index contributed by atoms with van der Waals surface area (Å²) in [7, 11) is 1.67. The lowest BCUT2D eigenvalue weighted by atomic mass is 10.2. The molecule has 0 aliphatic carbocycles. The monoisotopic (exact) mass is 264 g/mol. The number of aryl methyl sites for hydroxylation is 1. The molecule has 2 rings (SSSR count). The van der Waals surface area contributed by atoms with E-state index in [0.29, 0.717) is 13.2 Å². The van der Waals surface area contributed by atoms with E-state index < -0.39 is 0 Å². The van der Waals surface area contributed by atoms with Gasteiger partial charge in [-0.3, -0.25) is 4.79 Å². The lowest BCUT2D eigenvalue weighted by Crippen LogP contribution is -2.19. The lowest BCUT2D eigenvalue weighted by molar-refractivity contribution is -0.116. The molecule has 5 heteroatoms. The first kappa shape index (κ1) is 13.0. The third-order valence-electron chi connectivity index (χ3n) is 2.67. The van der Waals surface area contributed by atoms with Crippen LogP contribution in [-0.4, -0.2) is 24.2 Å². The molecule has 0 N–H and O–H groups in total. The number of rotatable bonds is 3. The Morgan fingerprint density at radius 1 is 1.50 bits per heavy atom. The molecule has 2 aromatic rings. The molecule has 0 bridgehead atoms. The minimum absolute atomic E-state index is 0.176. The van der Waals surface area contributed by atoms with Crippen LogP contribution in [-0.2, 0) is 16.1 Å². The normalized spacial score (nSPS) is 12.3. The molecule has 0 spiro atoms. The Balaban J connectivity index is 2.70.